The zero-order valence-electron chi connectivity index (χ0n) is 14.7. The Morgan fingerprint density at radius 1 is 1.22 bits per heavy atom. The highest BCUT2D eigenvalue weighted by atomic mass is 16.5. The quantitative estimate of drug-likeness (QED) is 0.840. The largest absolute Gasteiger partial charge is 0.361 e. The number of aromatic nitrogens is 1. The van der Waals surface area contributed by atoms with Gasteiger partial charge < -0.3 is 9.42 Å². The fourth-order valence-electron chi connectivity index (χ4n) is 3.97. The Bertz CT molecular complexity index is 543. The van der Waals surface area contributed by atoms with Crippen LogP contribution in [0.25, 0.3) is 0 Å². The van der Waals surface area contributed by atoms with Crippen LogP contribution in [-0.2, 0) is 11.3 Å². The van der Waals surface area contributed by atoms with Crippen molar-refractivity contribution in [2.45, 2.75) is 40.3 Å². The van der Waals surface area contributed by atoms with Crippen molar-refractivity contribution < 1.29 is 9.32 Å². The molecule has 3 heterocycles. The van der Waals surface area contributed by atoms with E-state index in [1.54, 1.807) is 6.92 Å². The van der Waals surface area contributed by atoms with Gasteiger partial charge in [-0.15, -0.1) is 0 Å². The average Bonchev–Trinajstić information content (AvgIpc) is 3.04. The second-order valence-electron chi connectivity index (χ2n) is 7.08. The lowest BCUT2D eigenvalue weighted by Gasteiger charge is -2.39. The van der Waals surface area contributed by atoms with Crippen LogP contribution in [0.2, 0.25) is 0 Å². The Morgan fingerprint density at radius 3 is 2.48 bits per heavy atom. The highest BCUT2D eigenvalue weighted by Gasteiger charge is 2.35. The van der Waals surface area contributed by atoms with Gasteiger partial charge in [0.15, 0.2) is 0 Å². The molecule has 1 amide bonds. The summed E-state index contributed by atoms with van der Waals surface area (Å²) in [7, 11) is 0. The van der Waals surface area contributed by atoms with E-state index in [4.69, 9.17) is 4.52 Å². The maximum atomic E-state index is 11.5. The highest BCUT2D eigenvalue weighted by Crippen LogP contribution is 2.26. The van der Waals surface area contributed by atoms with Crippen LogP contribution < -0.4 is 0 Å². The van der Waals surface area contributed by atoms with E-state index in [2.05, 4.69) is 21.9 Å². The Hall–Kier alpha value is -1.40. The fraction of sp³-hybridized carbons (Fsp3) is 0.765. The molecule has 2 atom stereocenters. The molecule has 0 N–H and O–H groups in total. The average molecular weight is 320 g/mol. The lowest BCUT2D eigenvalue weighted by atomic mass is 10.0. The van der Waals surface area contributed by atoms with Crippen molar-refractivity contribution in [1.82, 2.24) is 19.9 Å². The molecule has 6 nitrogen and oxygen atoms in total. The highest BCUT2D eigenvalue weighted by molar-refractivity contribution is 5.73. The van der Waals surface area contributed by atoms with Crippen LogP contribution in [0.4, 0.5) is 0 Å². The van der Waals surface area contributed by atoms with Gasteiger partial charge in [0.1, 0.15) is 5.76 Å². The topological polar surface area (TPSA) is 52.8 Å². The van der Waals surface area contributed by atoms with Crippen molar-refractivity contribution in [2.24, 2.45) is 5.92 Å². The molecule has 2 aliphatic heterocycles. The first kappa shape index (κ1) is 16.5. The molecule has 0 bridgehead atoms. The van der Waals surface area contributed by atoms with E-state index in [9.17, 15) is 4.79 Å². The number of carbonyl (C=O) groups is 1. The summed E-state index contributed by atoms with van der Waals surface area (Å²) in [4.78, 5) is 18.5. The standard InChI is InChI=1S/C17H28N4O2/c1-12-9-19(10-16-13(2)18-23-14(16)3)11-17(12)21-7-5-20(6-8-21)15(4)22/h12,17H,5-11H2,1-4H3/t12-,17+/m1/s1. The van der Waals surface area contributed by atoms with Crippen LogP contribution >= 0.6 is 0 Å². The van der Waals surface area contributed by atoms with E-state index in [-0.39, 0.29) is 5.91 Å². The van der Waals surface area contributed by atoms with Gasteiger partial charge in [0.05, 0.1) is 5.69 Å². The summed E-state index contributed by atoms with van der Waals surface area (Å²) < 4.78 is 5.29. The molecule has 0 aromatic carbocycles. The summed E-state index contributed by atoms with van der Waals surface area (Å²) in [5, 5.41) is 4.06. The molecule has 0 saturated carbocycles. The van der Waals surface area contributed by atoms with Crippen molar-refractivity contribution in [1.29, 1.82) is 0 Å². The molecule has 0 unspecified atom stereocenters. The number of aryl methyl sites for hydroxylation is 2. The molecule has 1 aromatic heterocycles. The van der Waals surface area contributed by atoms with Crippen LogP contribution in [0.1, 0.15) is 30.9 Å². The second-order valence-corrected chi connectivity index (χ2v) is 7.08. The first-order valence-corrected chi connectivity index (χ1v) is 8.59. The Kier molecular flexibility index (Phi) is 4.73. The maximum Gasteiger partial charge on any atom is 0.219 e. The smallest absolute Gasteiger partial charge is 0.219 e. The number of amides is 1. The van der Waals surface area contributed by atoms with Crippen molar-refractivity contribution >= 4 is 5.91 Å². The number of carbonyl (C=O) groups excluding carboxylic acids is 1. The van der Waals surface area contributed by atoms with E-state index in [0.29, 0.717) is 12.0 Å². The zero-order chi connectivity index (χ0) is 16.6. The molecule has 2 saturated heterocycles. The molecule has 0 radical (unpaired) electrons. The molecule has 0 aliphatic carbocycles. The Labute approximate surface area is 138 Å². The maximum absolute atomic E-state index is 11.5. The van der Waals surface area contributed by atoms with Gasteiger partial charge >= 0.3 is 0 Å². The number of piperazine rings is 1. The van der Waals surface area contributed by atoms with E-state index >= 15 is 0 Å². The summed E-state index contributed by atoms with van der Waals surface area (Å²) in [5.74, 6) is 1.79. The van der Waals surface area contributed by atoms with Crippen molar-refractivity contribution in [2.75, 3.05) is 39.3 Å². The lowest BCUT2D eigenvalue weighted by molar-refractivity contribution is -0.130. The Balaban J connectivity index is 1.58. The van der Waals surface area contributed by atoms with E-state index in [1.807, 2.05) is 18.7 Å². The predicted molar refractivity (Wildman–Crippen MR) is 88.0 cm³/mol. The van der Waals surface area contributed by atoms with Gasteiger partial charge in [-0.2, -0.15) is 0 Å². The van der Waals surface area contributed by atoms with E-state index in [1.165, 1.54) is 5.56 Å². The van der Waals surface area contributed by atoms with Gasteiger partial charge in [-0.1, -0.05) is 12.1 Å². The summed E-state index contributed by atoms with van der Waals surface area (Å²) in [5.41, 5.74) is 2.24. The molecular weight excluding hydrogens is 292 g/mol. The minimum Gasteiger partial charge on any atom is -0.361 e. The molecule has 2 aliphatic rings. The summed E-state index contributed by atoms with van der Waals surface area (Å²) in [6.07, 6.45) is 0. The van der Waals surface area contributed by atoms with Gasteiger partial charge in [0.2, 0.25) is 5.91 Å². The van der Waals surface area contributed by atoms with Crippen molar-refractivity contribution in [3.8, 4) is 0 Å². The second kappa shape index (κ2) is 6.61. The van der Waals surface area contributed by atoms with Crippen LogP contribution in [0.15, 0.2) is 4.52 Å². The number of likely N-dealkylation sites (tertiary alicyclic amines) is 1. The third-order valence-electron chi connectivity index (χ3n) is 5.44. The summed E-state index contributed by atoms with van der Waals surface area (Å²) in [6.45, 7) is 14.9. The SMILES string of the molecule is CC(=O)N1CCN([C@H]2CN(Cc3c(C)noc3C)C[C@H]2C)CC1. The molecule has 128 valence electrons. The molecule has 2 fully saturated rings. The zero-order valence-corrected chi connectivity index (χ0v) is 14.7. The number of rotatable bonds is 3. The van der Waals surface area contributed by atoms with Gasteiger partial charge in [-0.05, 0) is 19.8 Å². The van der Waals surface area contributed by atoms with E-state index in [0.717, 1.165) is 57.3 Å². The lowest BCUT2D eigenvalue weighted by Crippen LogP contribution is -2.53. The van der Waals surface area contributed by atoms with Gasteiger partial charge in [-0.3, -0.25) is 14.6 Å². The molecule has 23 heavy (non-hydrogen) atoms. The summed E-state index contributed by atoms with van der Waals surface area (Å²) >= 11 is 0. The van der Waals surface area contributed by atoms with Crippen molar-refractivity contribution in [3.05, 3.63) is 17.0 Å². The van der Waals surface area contributed by atoms with Gasteiger partial charge in [0, 0.05) is 64.3 Å². The monoisotopic (exact) mass is 320 g/mol. The van der Waals surface area contributed by atoms with E-state index < -0.39 is 0 Å². The van der Waals surface area contributed by atoms with Crippen LogP contribution in [-0.4, -0.2) is 71.1 Å². The molecule has 1 aromatic rings. The van der Waals surface area contributed by atoms with Crippen LogP contribution in [0.5, 0.6) is 0 Å². The predicted octanol–water partition coefficient (Wildman–Crippen LogP) is 1.28. The van der Waals surface area contributed by atoms with Crippen LogP contribution in [0.3, 0.4) is 0 Å². The van der Waals surface area contributed by atoms with Gasteiger partial charge in [0.25, 0.3) is 0 Å². The number of hydrogen-bond acceptors (Lipinski definition) is 5. The van der Waals surface area contributed by atoms with Crippen molar-refractivity contribution in [3.63, 3.8) is 0 Å². The summed E-state index contributed by atoms with van der Waals surface area (Å²) in [6, 6.07) is 0.588. The third-order valence-corrected chi connectivity index (χ3v) is 5.44. The first-order valence-electron chi connectivity index (χ1n) is 8.59. The molecule has 0 spiro atoms. The molecule has 3 rings (SSSR count). The first-order chi connectivity index (χ1) is 11.0. The molecular formula is C17H28N4O2. The fourth-order valence-corrected chi connectivity index (χ4v) is 3.97. The molecule has 6 heteroatoms. The third kappa shape index (κ3) is 3.43. The Morgan fingerprint density at radius 2 is 1.91 bits per heavy atom. The minimum atomic E-state index is 0.198. The van der Waals surface area contributed by atoms with Gasteiger partial charge in [-0.25, -0.2) is 0 Å². The van der Waals surface area contributed by atoms with Crippen LogP contribution in [0, 0.1) is 19.8 Å². The minimum absolute atomic E-state index is 0.198. The number of hydrogen-bond donors (Lipinski definition) is 0. The normalized spacial score (nSPS) is 26.9. The number of nitrogens with zero attached hydrogens (tertiary/aromatic N) is 4.